The average molecular weight is 269 g/mol. The first-order valence-corrected chi connectivity index (χ1v) is 5.38. The van der Waals surface area contributed by atoms with Crippen molar-refractivity contribution in [3.05, 3.63) is 40.9 Å². The van der Waals surface area contributed by atoms with Gasteiger partial charge in [-0.05, 0) is 40.5 Å². The molecule has 0 fully saturated rings. The fraction of sp³-hybridized carbons (Fsp3) is 0.182. The van der Waals surface area contributed by atoms with Crippen LogP contribution in [0.25, 0.3) is 0 Å². The normalized spacial score (nSPS) is 9.67. The maximum atomic E-state index is 11.6. The van der Waals surface area contributed by atoms with E-state index in [9.17, 15) is 4.79 Å². The number of nitrogen functional groups attached to an aromatic ring is 1. The maximum Gasteiger partial charge on any atom is 0.251 e. The number of hydrogen-bond acceptors (Lipinski definition) is 2. The SMILES string of the molecule is C=CCCNC(=O)c1ccc(N)c(Br)c1. The number of anilines is 1. The molecule has 1 rings (SSSR count). The molecule has 0 spiro atoms. The van der Waals surface area contributed by atoms with Crippen LogP contribution in [0.15, 0.2) is 35.3 Å². The molecule has 1 aromatic carbocycles. The minimum absolute atomic E-state index is 0.0995. The smallest absolute Gasteiger partial charge is 0.251 e. The second-order valence-electron chi connectivity index (χ2n) is 3.07. The molecule has 0 aliphatic rings. The molecule has 0 bridgehead atoms. The van der Waals surface area contributed by atoms with E-state index in [1.165, 1.54) is 0 Å². The number of carbonyl (C=O) groups excluding carboxylic acids is 1. The summed E-state index contributed by atoms with van der Waals surface area (Å²) in [4.78, 5) is 11.6. The van der Waals surface area contributed by atoms with E-state index in [0.717, 1.165) is 10.9 Å². The minimum atomic E-state index is -0.0995. The molecule has 80 valence electrons. The molecule has 0 aromatic heterocycles. The van der Waals surface area contributed by atoms with Crippen LogP contribution in [0, 0.1) is 0 Å². The number of amides is 1. The Bertz CT molecular complexity index is 377. The van der Waals surface area contributed by atoms with E-state index < -0.39 is 0 Å². The molecular formula is C11H13BrN2O. The van der Waals surface area contributed by atoms with Crippen LogP contribution in [0.2, 0.25) is 0 Å². The van der Waals surface area contributed by atoms with Gasteiger partial charge in [-0.3, -0.25) is 4.79 Å². The third-order valence-corrected chi connectivity index (χ3v) is 2.58. The summed E-state index contributed by atoms with van der Waals surface area (Å²) in [5, 5.41) is 2.77. The summed E-state index contributed by atoms with van der Waals surface area (Å²) in [5.41, 5.74) is 6.84. The number of nitrogens with two attached hydrogens (primary N) is 1. The summed E-state index contributed by atoms with van der Waals surface area (Å²) >= 11 is 3.28. The third-order valence-electron chi connectivity index (χ3n) is 1.90. The van der Waals surface area contributed by atoms with Crippen LogP contribution in [0.3, 0.4) is 0 Å². The Labute approximate surface area is 97.5 Å². The van der Waals surface area contributed by atoms with Gasteiger partial charge in [-0.25, -0.2) is 0 Å². The van der Waals surface area contributed by atoms with Gasteiger partial charge >= 0.3 is 0 Å². The molecule has 15 heavy (non-hydrogen) atoms. The first-order chi connectivity index (χ1) is 7.15. The van der Waals surface area contributed by atoms with E-state index in [-0.39, 0.29) is 5.91 Å². The number of nitrogens with one attached hydrogen (secondary N) is 1. The van der Waals surface area contributed by atoms with Crippen LogP contribution in [0.1, 0.15) is 16.8 Å². The van der Waals surface area contributed by atoms with Crippen molar-refractivity contribution in [2.75, 3.05) is 12.3 Å². The Morgan fingerprint density at radius 1 is 1.60 bits per heavy atom. The summed E-state index contributed by atoms with van der Waals surface area (Å²) in [6.07, 6.45) is 2.53. The number of rotatable bonds is 4. The van der Waals surface area contributed by atoms with Crippen molar-refractivity contribution >= 4 is 27.5 Å². The lowest BCUT2D eigenvalue weighted by molar-refractivity contribution is 0.0954. The van der Waals surface area contributed by atoms with Crippen LogP contribution >= 0.6 is 15.9 Å². The Morgan fingerprint density at radius 2 is 2.33 bits per heavy atom. The summed E-state index contributed by atoms with van der Waals surface area (Å²) in [6.45, 7) is 4.18. The van der Waals surface area contributed by atoms with Gasteiger partial charge in [-0.2, -0.15) is 0 Å². The lowest BCUT2D eigenvalue weighted by atomic mass is 10.2. The summed E-state index contributed by atoms with van der Waals surface area (Å²) in [6, 6.07) is 5.11. The van der Waals surface area contributed by atoms with Gasteiger partial charge < -0.3 is 11.1 Å². The molecule has 0 saturated heterocycles. The quantitative estimate of drug-likeness (QED) is 0.500. The van der Waals surface area contributed by atoms with Crippen LogP contribution in [0.4, 0.5) is 5.69 Å². The van der Waals surface area contributed by atoms with Crippen molar-refractivity contribution in [1.29, 1.82) is 0 Å². The summed E-state index contributed by atoms with van der Waals surface area (Å²) in [5.74, 6) is -0.0995. The Kier molecular flexibility index (Phi) is 4.37. The molecule has 0 radical (unpaired) electrons. The molecule has 0 heterocycles. The first kappa shape index (κ1) is 11.8. The van der Waals surface area contributed by atoms with Gasteiger partial charge in [0.15, 0.2) is 0 Å². The van der Waals surface area contributed by atoms with Crippen LogP contribution < -0.4 is 11.1 Å². The minimum Gasteiger partial charge on any atom is -0.398 e. The summed E-state index contributed by atoms with van der Waals surface area (Å²) < 4.78 is 0.735. The average Bonchev–Trinajstić information content (AvgIpc) is 2.22. The zero-order valence-electron chi connectivity index (χ0n) is 8.29. The lowest BCUT2D eigenvalue weighted by Gasteiger charge is -2.05. The molecule has 0 aliphatic heterocycles. The topological polar surface area (TPSA) is 55.1 Å². The first-order valence-electron chi connectivity index (χ1n) is 4.59. The van der Waals surface area contributed by atoms with Crippen LogP contribution in [0.5, 0.6) is 0 Å². The predicted octanol–water partition coefficient (Wildman–Crippen LogP) is 2.34. The molecule has 4 heteroatoms. The standard InChI is InChI=1S/C11H13BrN2O/c1-2-3-6-14-11(15)8-4-5-10(13)9(12)7-8/h2,4-5,7H,1,3,6,13H2,(H,14,15). The van der Waals surface area contributed by atoms with Gasteiger partial charge in [0.1, 0.15) is 0 Å². The zero-order valence-corrected chi connectivity index (χ0v) is 9.88. The van der Waals surface area contributed by atoms with E-state index in [2.05, 4.69) is 27.8 Å². The maximum absolute atomic E-state index is 11.6. The van der Waals surface area contributed by atoms with Crippen molar-refractivity contribution in [2.24, 2.45) is 0 Å². The Morgan fingerprint density at radius 3 is 2.93 bits per heavy atom. The number of hydrogen-bond donors (Lipinski definition) is 2. The molecule has 1 aromatic rings. The fourth-order valence-corrected chi connectivity index (χ4v) is 1.44. The Balaban J connectivity index is 2.65. The highest BCUT2D eigenvalue weighted by Crippen LogP contribution is 2.20. The van der Waals surface area contributed by atoms with Crippen LogP contribution in [-0.4, -0.2) is 12.5 Å². The van der Waals surface area contributed by atoms with E-state index in [4.69, 9.17) is 5.73 Å². The van der Waals surface area contributed by atoms with Gasteiger partial charge in [0, 0.05) is 22.3 Å². The van der Waals surface area contributed by atoms with Crippen molar-refractivity contribution in [3.63, 3.8) is 0 Å². The van der Waals surface area contributed by atoms with Crippen LogP contribution in [-0.2, 0) is 0 Å². The van der Waals surface area contributed by atoms with Gasteiger partial charge in [-0.1, -0.05) is 6.08 Å². The highest BCUT2D eigenvalue weighted by molar-refractivity contribution is 9.10. The zero-order chi connectivity index (χ0) is 11.3. The second kappa shape index (κ2) is 5.56. The highest BCUT2D eigenvalue weighted by atomic mass is 79.9. The highest BCUT2D eigenvalue weighted by Gasteiger charge is 2.05. The van der Waals surface area contributed by atoms with Gasteiger partial charge in [0.2, 0.25) is 0 Å². The largest absolute Gasteiger partial charge is 0.398 e. The van der Waals surface area contributed by atoms with Crippen molar-refractivity contribution in [2.45, 2.75) is 6.42 Å². The van der Waals surface area contributed by atoms with Gasteiger partial charge in [0.25, 0.3) is 5.91 Å². The number of benzene rings is 1. The third kappa shape index (κ3) is 3.40. The van der Waals surface area contributed by atoms with Crippen molar-refractivity contribution in [3.8, 4) is 0 Å². The van der Waals surface area contributed by atoms with E-state index >= 15 is 0 Å². The molecule has 0 saturated carbocycles. The number of halogens is 1. The summed E-state index contributed by atoms with van der Waals surface area (Å²) in [7, 11) is 0. The van der Waals surface area contributed by atoms with E-state index in [1.807, 2.05) is 0 Å². The van der Waals surface area contributed by atoms with Gasteiger partial charge in [-0.15, -0.1) is 6.58 Å². The molecule has 0 unspecified atom stereocenters. The molecular weight excluding hydrogens is 256 g/mol. The Hall–Kier alpha value is -1.29. The number of carbonyl (C=O) groups is 1. The lowest BCUT2D eigenvalue weighted by Crippen LogP contribution is -2.24. The molecule has 1 amide bonds. The monoisotopic (exact) mass is 268 g/mol. The van der Waals surface area contributed by atoms with Crippen molar-refractivity contribution < 1.29 is 4.79 Å². The van der Waals surface area contributed by atoms with E-state index in [1.54, 1.807) is 24.3 Å². The van der Waals surface area contributed by atoms with Crippen molar-refractivity contribution in [1.82, 2.24) is 5.32 Å². The van der Waals surface area contributed by atoms with E-state index in [0.29, 0.717) is 17.8 Å². The molecule has 0 atom stereocenters. The second-order valence-corrected chi connectivity index (χ2v) is 3.92. The molecule has 3 N–H and O–H groups in total. The fourth-order valence-electron chi connectivity index (χ4n) is 1.06. The molecule has 3 nitrogen and oxygen atoms in total. The van der Waals surface area contributed by atoms with Gasteiger partial charge in [0.05, 0.1) is 0 Å². The molecule has 0 aliphatic carbocycles. The predicted molar refractivity (Wildman–Crippen MR) is 65.7 cm³/mol.